The summed E-state index contributed by atoms with van der Waals surface area (Å²) in [6.07, 6.45) is -0.763. The molecule has 0 N–H and O–H groups in total. The van der Waals surface area contributed by atoms with E-state index in [9.17, 15) is 18.8 Å². The largest absolute Gasteiger partial charge is 0.450 e. The van der Waals surface area contributed by atoms with Crippen molar-refractivity contribution < 1.29 is 32.7 Å². The molecule has 1 aliphatic rings. The molecule has 3 rings (SSSR count). The van der Waals surface area contributed by atoms with Crippen LogP contribution >= 0.6 is 0 Å². The molecule has 0 radical (unpaired) electrons. The van der Waals surface area contributed by atoms with Gasteiger partial charge in [0.05, 0.1) is 6.54 Å². The second kappa shape index (κ2) is 5.71. The van der Waals surface area contributed by atoms with E-state index in [0.717, 1.165) is 4.90 Å². The highest BCUT2D eigenvalue weighted by molar-refractivity contribution is 5.98. The van der Waals surface area contributed by atoms with Gasteiger partial charge in [0.2, 0.25) is 5.76 Å². The van der Waals surface area contributed by atoms with E-state index in [2.05, 4.69) is 4.74 Å². The van der Waals surface area contributed by atoms with Crippen LogP contribution in [-0.4, -0.2) is 42.6 Å². The number of halogens is 1. The fourth-order valence-corrected chi connectivity index (χ4v) is 2.28. The molecule has 0 bridgehead atoms. The number of carbonyl (C=O) groups excluding carboxylic acids is 3. The lowest BCUT2D eigenvalue weighted by Gasteiger charge is -2.10. The maximum absolute atomic E-state index is 13.2. The minimum absolute atomic E-state index is 0.109. The summed E-state index contributed by atoms with van der Waals surface area (Å²) in [5.41, 5.74) is 0.753. The van der Waals surface area contributed by atoms with Gasteiger partial charge in [-0.25, -0.2) is 18.9 Å². The fraction of sp³-hybridized carbons (Fsp3) is 0.267. The van der Waals surface area contributed by atoms with Gasteiger partial charge in [-0.2, -0.15) is 0 Å². The Morgan fingerprint density at radius 2 is 2.17 bits per heavy atom. The summed E-state index contributed by atoms with van der Waals surface area (Å²) in [6.45, 7) is 1.21. The number of esters is 1. The topological polar surface area (TPSA) is 86.0 Å². The van der Waals surface area contributed by atoms with Gasteiger partial charge in [0.15, 0.2) is 6.61 Å². The summed E-state index contributed by atoms with van der Waals surface area (Å²) in [4.78, 5) is 35.9. The van der Waals surface area contributed by atoms with Gasteiger partial charge in [0.25, 0.3) is 5.91 Å². The van der Waals surface area contributed by atoms with Crippen molar-refractivity contribution >= 4 is 28.9 Å². The van der Waals surface area contributed by atoms with Gasteiger partial charge in [-0.05, 0) is 25.1 Å². The lowest BCUT2D eigenvalue weighted by Crippen LogP contribution is -2.35. The van der Waals surface area contributed by atoms with Crippen molar-refractivity contribution in [3.8, 4) is 0 Å². The molecule has 0 saturated carbocycles. The number of cyclic esters (lactones) is 1. The average molecular weight is 321 g/mol. The van der Waals surface area contributed by atoms with Gasteiger partial charge in [0, 0.05) is 10.9 Å². The van der Waals surface area contributed by atoms with Crippen LogP contribution < -0.4 is 0 Å². The van der Waals surface area contributed by atoms with Crippen molar-refractivity contribution in [2.45, 2.75) is 6.92 Å². The summed E-state index contributed by atoms with van der Waals surface area (Å²) < 4.78 is 28.1. The van der Waals surface area contributed by atoms with E-state index in [4.69, 9.17) is 9.15 Å². The zero-order valence-corrected chi connectivity index (χ0v) is 12.1. The molecule has 1 fully saturated rings. The molecule has 1 aromatic heterocycles. The summed E-state index contributed by atoms with van der Waals surface area (Å²) in [6, 6.07) is 3.86. The molecule has 2 amide bonds. The van der Waals surface area contributed by atoms with Crippen molar-refractivity contribution in [2.24, 2.45) is 0 Å². The minimum atomic E-state index is -0.861. The number of hydrogen-bond acceptors (Lipinski definition) is 6. The molecule has 23 heavy (non-hydrogen) atoms. The molecule has 7 nitrogen and oxygen atoms in total. The van der Waals surface area contributed by atoms with Crippen LogP contribution in [0.2, 0.25) is 0 Å². The molecular formula is C15H12FNO6. The number of imide groups is 1. The van der Waals surface area contributed by atoms with Crippen LogP contribution in [0, 0.1) is 12.7 Å². The third kappa shape index (κ3) is 2.75. The Morgan fingerprint density at radius 1 is 1.39 bits per heavy atom. The van der Waals surface area contributed by atoms with Crippen LogP contribution in [-0.2, 0) is 14.3 Å². The Labute approximate surface area is 129 Å². The first-order chi connectivity index (χ1) is 11.0. The van der Waals surface area contributed by atoms with E-state index < -0.39 is 30.4 Å². The SMILES string of the molecule is Cc1c(C(=O)OCC(=O)N2CCOC2=O)oc2ccc(F)cc12. The Kier molecular flexibility index (Phi) is 3.73. The molecule has 1 aromatic carbocycles. The molecule has 0 spiro atoms. The highest BCUT2D eigenvalue weighted by Crippen LogP contribution is 2.26. The third-order valence-corrected chi connectivity index (χ3v) is 3.47. The zero-order valence-electron chi connectivity index (χ0n) is 12.1. The van der Waals surface area contributed by atoms with Crippen LogP contribution in [0.1, 0.15) is 16.1 Å². The Morgan fingerprint density at radius 3 is 2.87 bits per heavy atom. The number of amides is 2. The highest BCUT2D eigenvalue weighted by Gasteiger charge is 2.29. The van der Waals surface area contributed by atoms with E-state index in [1.54, 1.807) is 6.92 Å². The minimum Gasteiger partial charge on any atom is -0.450 e. The lowest BCUT2D eigenvalue weighted by atomic mass is 10.1. The van der Waals surface area contributed by atoms with Gasteiger partial charge in [-0.3, -0.25) is 4.79 Å². The second-order valence-electron chi connectivity index (χ2n) is 4.93. The molecule has 2 aromatic rings. The van der Waals surface area contributed by atoms with E-state index in [1.165, 1.54) is 18.2 Å². The number of fused-ring (bicyclic) bond motifs is 1. The second-order valence-corrected chi connectivity index (χ2v) is 4.93. The molecule has 0 atom stereocenters. The maximum Gasteiger partial charge on any atom is 0.416 e. The van der Waals surface area contributed by atoms with Crippen LogP contribution in [0.5, 0.6) is 0 Å². The summed E-state index contributed by atoms with van der Waals surface area (Å²) in [5, 5.41) is 0.450. The number of ether oxygens (including phenoxy) is 2. The van der Waals surface area contributed by atoms with Gasteiger partial charge in [-0.1, -0.05) is 0 Å². The predicted octanol–water partition coefficient (Wildman–Crippen LogP) is 2.02. The smallest absolute Gasteiger partial charge is 0.416 e. The van der Waals surface area contributed by atoms with E-state index in [1.807, 2.05) is 0 Å². The summed E-state index contributed by atoms with van der Waals surface area (Å²) in [5.74, 6) is -2.10. The Hall–Kier alpha value is -2.90. The fourth-order valence-electron chi connectivity index (χ4n) is 2.28. The van der Waals surface area contributed by atoms with Crippen molar-refractivity contribution in [1.82, 2.24) is 4.90 Å². The van der Waals surface area contributed by atoms with Crippen molar-refractivity contribution in [2.75, 3.05) is 19.8 Å². The monoisotopic (exact) mass is 321 g/mol. The number of furan rings is 1. The maximum atomic E-state index is 13.2. The number of aryl methyl sites for hydroxylation is 1. The molecule has 8 heteroatoms. The van der Waals surface area contributed by atoms with E-state index >= 15 is 0 Å². The molecule has 1 saturated heterocycles. The van der Waals surface area contributed by atoms with Crippen LogP contribution in [0.3, 0.4) is 0 Å². The quantitative estimate of drug-likeness (QED) is 0.804. The van der Waals surface area contributed by atoms with Crippen LogP contribution in [0.25, 0.3) is 11.0 Å². The number of nitrogens with zero attached hydrogens (tertiary/aromatic N) is 1. The average Bonchev–Trinajstić information content (AvgIpc) is 3.09. The number of hydrogen-bond donors (Lipinski definition) is 0. The third-order valence-electron chi connectivity index (χ3n) is 3.47. The summed E-state index contributed by atoms with van der Waals surface area (Å²) >= 11 is 0. The molecule has 0 unspecified atom stereocenters. The van der Waals surface area contributed by atoms with Crippen molar-refractivity contribution in [1.29, 1.82) is 0 Å². The molecule has 1 aliphatic heterocycles. The first kappa shape index (κ1) is 15.0. The standard InChI is InChI=1S/C15H12FNO6/c1-8-10-6-9(16)2-3-11(10)23-13(8)14(19)22-7-12(18)17-4-5-21-15(17)20/h2-3,6H,4-5,7H2,1H3. The lowest BCUT2D eigenvalue weighted by molar-refractivity contribution is -0.131. The molecule has 2 heterocycles. The Balaban J connectivity index is 1.72. The molecule has 120 valence electrons. The Bertz CT molecular complexity index is 812. The number of carbonyl (C=O) groups is 3. The summed E-state index contributed by atoms with van der Waals surface area (Å²) in [7, 11) is 0. The van der Waals surface area contributed by atoms with Gasteiger partial charge in [0.1, 0.15) is 18.0 Å². The highest BCUT2D eigenvalue weighted by atomic mass is 19.1. The van der Waals surface area contributed by atoms with E-state index in [0.29, 0.717) is 16.5 Å². The van der Waals surface area contributed by atoms with E-state index in [-0.39, 0.29) is 18.9 Å². The molecule has 0 aliphatic carbocycles. The van der Waals surface area contributed by atoms with Crippen molar-refractivity contribution in [3.63, 3.8) is 0 Å². The van der Waals surface area contributed by atoms with Crippen LogP contribution in [0.4, 0.5) is 9.18 Å². The zero-order chi connectivity index (χ0) is 16.6. The number of benzene rings is 1. The first-order valence-electron chi connectivity index (χ1n) is 6.80. The van der Waals surface area contributed by atoms with Gasteiger partial charge in [-0.15, -0.1) is 0 Å². The number of rotatable bonds is 3. The van der Waals surface area contributed by atoms with Crippen molar-refractivity contribution in [3.05, 3.63) is 35.3 Å². The first-order valence-corrected chi connectivity index (χ1v) is 6.80. The van der Waals surface area contributed by atoms with Gasteiger partial charge < -0.3 is 13.9 Å². The predicted molar refractivity (Wildman–Crippen MR) is 74.3 cm³/mol. The van der Waals surface area contributed by atoms with Gasteiger partial charge >= 0.3 is 12.1 Å². The molecular weight excluding hydrogens is 309 g/mol. The van der Waals surface area contributed by atoms with Crippen LogP contribution in [0.15, 0.2) is 22.6 Å². The normalized spacial score (nSPS) is 14.2.